The van der Waals surface area contributed by atoms with Crippen LogP contribution in [0, 0.1) is 11.6 Å². The van der Waals surface area contributed by atoms with Gasteiger partial charge in [0.25, 0.3) is 0 Å². The Morgan fingerprint density at radius 2 is 2.08 bits per heavy atom. The molecule has 2 N–H and O–H groups in total. The highest BCUT2D eigenvalue weighted by molar-refractivity contribution is 5.38. The van der Waals surface area contributed by atoms with Gasteiger partial charge >= 0.3 is 0 Å². The molecule has 1 aromatic rings. The first-order chi connectivity index (χ1) is 6.20. The van der Waals surface area contributed by atoms with Crippen molar-refractivity contribution in [3.05, 3.63) is 28.8 Å². The zero-order chi connectivity index (χ0) is 9.42. The maximum atomic E-state index is 13.2. The summed E-state index contributed by atoms with van der Waals surface area (Å²) in [7, 11) is 0. The van der Waals surface area contributed by atoms with Crippen molar-refractivity contribution in [2.24, 2.45) is 0 Å². The summed E-state index contributed by atoms with van der Waals surface area (Å²) in [5.74, 6) is -2.68. The molecule has 1 aliphatic heterocycles. The second kappa shape index (κ2) is 2.96. The first-order valence-corrected chi connectivity index (χ1v) is 4.09. The number of aromatic hydroxyl groups is 1. The summed E-state index contributed by atoms with van der Waals surface area (Å²) in [6.45, 7) is 1.07. The maximum Gasteiger partial charge on any atom is 0.200 e. The van der Waals surface area contributed by atoms with E-state index in [1.165, 1.54) is 6.07 Å². The number of phenols is 1. The summed E-state index contributed by atoms with van der Waals surface area (Å²) in [6, 6.07) is 1.30. The summed E-state index contributed by atoms with van der Waals surface area (Å²) in [5.41, 5.74) is 1.02. The molecule has 0 bridgehead atoms. The number of nitrogens with one attached hydrogen (secondary N) is 1. The predicted molar refractivity (Wildman–Crippen MR) is 43.4 cm³/mol. The quantitative estimate of drug-likeness (QED) is 0.638. The van der Waals surface area contributed by atoms with E-state index in [0.717, 1.165) is 6.54 Å². The monoisotopic (exact) mass is 185 g/mol. The molecule has 0 radical (unpaired) electrons. The van der Waals surface area contributed by atoms with Crippen LogP contribution in [0.1, 0.15) is 11.1 Å². The van der Waals surface area contributed by atoms with Crippen LogP contribution in [-0.2, 0) is 13.0 Å². The van der Waals surface area contributed by atoms with Crippen molar-refractivity contribution in [3.63, 3.8) is 0 Å². The first kappa shape index (κ1) is 8.44. The van der Waals surface area contributed by atoms with Gasteiger partial charge in [-0.05, 0) is 24.6 Å². The number of benzene rings is 1. The van der Waals surface area contributed by atoms with Gasteiger partial charge in [-0.25, -0.2) is 4.39 Å². The fourth-order valence-corrected chi connectivity index (χ4v) is 1.55. The Morgan fingerprint density at radius 1 is 1.31 bits per heavy atom. The lowest BCUT2D eigenvalue weighted by Crippen LogP contribution is -2.25. The molecule has 4 heteroatoms. The van der Waals surface area contributed by atoms with Gasteiger partial charge in [-0.15, -0.1) is 0 Å². The average Bonchev–Trinajstić information content (AvgIpc) is 2.15. The predicted octanol–water partition coefficient (Wildman–Crippen LogP) is 1.32. The first-order valence-electron chi connectivity index (χ1n) is 4.09. The smallest absolute Gasteiger partial charge is 0.200 e. The van der Waals surface area contributed by atoms with Gasteiger partial charge in [-0.1, -0.05) is 0 Å². The molecule has 0 saturated carbocycles. The number of hydrogen-bond acceptors (Lipinski definition) is 2. The van der Waals surface area contributed by atoms with Crippen LogP contribution in [0.15, 0.2) is 6.07 Å². The molecular weight excluding hydrogens is 176 g/mol. The second-order valence-corrected chi connectivity index (χ2v) is 3.09. The van der Waals surface area contributed by atoms with E-state index >= 15 is 0 Å². The summed E-state index contributed by atoms with van der Waals surface area (Å²) in [6.07, 6.45) is 0.625. The Bertz CT molecular complexity index is 352. The summed E-state index contributed by atoms with van der Waals surface area (Å²) < 4.78 is 26.0. The molecule has 2 rings (SSSR count). The molecule has 0 saturated heterocycles. The van der Waals surface area contributed by atoms with Crippen LogP contribution in [-0.4, -0.2) is 11.7 Å². The molecular formula is C9H9F2NO. The number of phenolic OH excluding ortho intramolecular Hbond substituents is 1. The van der Waals surface area contributed by atoms with Crippen molar-refractivity contribution in [2.75, 3.05) is 6.54 Å². The Morgan fingerprint density at radius 3 is 2.85 bits per heavy atom. The average molecular weight is 185 g/mol. The third-order valence-corrected chi connectivity index (χ3v) is 2.25. The molecule has 1 aliphatic rings. The van der Waals surface area contributed by atoms with Crippen LogP contribution < -0.4 is 5.32 Å². The van der Waals surface area contributed by atoms with Gasteiger partial charge in [0.1, 0.15) is 0 Å². The van der Waals surface area contributed by atoms with E-state index in [2.05, 4.69) is 5.32 Å². The topological polar surface area (TPSA) is 32.3 Å². The van der Waals surface area contributed by atoms with Gasteiger partial charge in [0.15, 0.2) is 11.6 Å². The van der Waals surface area contributed by atoms with Crippen LogP contribution in [0.3, 0.4) is 0 Å². The van der Waals surface area contributed by atoms with Crippen molar-refractivity contribution in [1.82, 2.24) is 5.32 Å². The van der Waals surface area contributed by atoms with Gasteiger partial charge in [-0.3, -0.25) is 0 Å². The lowest BCUT2D eigenvalue weighted by atomic mass is 10.00. The Kier molecular flexibility index (Phi) is 1.92. The highest BCUT2D eigenvalue weighted by Crippen LogP contribution is 2.27. The molecule has 13 heavy (non-hydrogen) atoms. The second-order valence-electron chi connectivity index (χ2n) is 3.09. The molecule has 0 unspecified atom stereocenters. The van der Waals surface area contributed by atoms with Crippen LogP contribution in [0.2, 0.25) is 0 Å². The molecule has 0 aromatic heterocycles. The van der Waals surface area contributed by atoms with E-state index in [4.69, 9.17) is 5.11 Å². The molecule has 70 valence electrons. The highest BCUT2D eigenvalue weighted by atomic mass is 19.2. The molecule has 0 fully saturated rings. The molecule has 0 amide bonds. The zero-order valence-electron chi connectivity index (χ0n) is 6.90. The summed E-state index contributed by atoms with van der Waals surface area (Å²) >= 11 is 0. The van der Waals surface area contributed by atoms with Crippen LogP contribution >= 0.6 is 0 Å². The number of fused-ring (bicyclic) bond motifs is 1. The fraction of sp³-hybridized carbons (Fsp3) is 0.333. The lowest BCUT2D eigenvalue weighted by Gasteiger charge is -2.18. The van der Waals surface area contributed by atoms with Gasteiger partial charge in [0, 0.05) is 12.1 Å². The van der Waals surface area contributed by atoms with Crippen LogP contribution in [0.4, 0.5) is 8.78 Å². The third-order valence-electron chi connectivity index (χ3n) is 2.25. The Balaban J connectivity index is 2.60. The largest absolute Gasteiger partial charge is 0.505 e. The standard InChI is InChI=1S/C9H9F2NO/c10-8-6-4-12-2-1-5(6)3-7(13)9(8)11/h3,12-13H,1-2,4H2. The van der Waals surface area contributed by atoms with Crippen LogP contribution in [0.5, 0.6) is 5.75 Å². The molecule has 0 aliphatic carbocycles. The van der Waals surface area contributed by atoms with Crippen molar-refractivity contribution >= 4 is 0 Å². The minimum absolute atomic E-state index is 0.332. The Labute approximate surface area is 74.2 Å². The number of halogens is 2. The van der Waals surface area contributed by atoms with Gasteiger partial charge in [-0.2, -0.15) is 4.39 Å². The zero-order valence-corrected chi connectivity index (χ0v) is 6.90. The van der Waals surface area contributed by atoms with E-state index in [0.29, 0.717) is 24.1 Å². The SMILES string of the molecule is Oc1cc2c(c(F)c1F)CNCC2. The van der Waals surface area contributed by atoms with Gasteiger partial charge in [0.05, 0.1) is 0 Å². The summed E-state index contributed by atoms with van der Waals surface area (Å²) in [4.78, 5) is 0. The highest BCUT2D eigenvalue weighted by Gasteiger charge is 2.19. The van der Waals surface area contributed by atoms with Crippen LogP contribution in [0.25, 0.3) is 0 Å². The van der Waals surface area contributed by atoms with Crippen molar-refractivity contribution in [2.45, 2.75) is 13.0 Å². The minimum Gasteiger partial charge on any atom is -0.505 e. The Hall–Kier alpha value is -1.16. The van der Waals surface area contributed by atoms with E-state index in [9.17, 15) is 8.78 Å². The molecule has 0 spiro atoms. The van der Waals surface area contributed by atoms with Gasteiger partial charge < -0.3 is 10.4 Å². The fourth-order valence-electron chi connectivity index (χ4n) is 1.55. The van der Waals surface area contributed by atoms with E-state index in [1.807, 2.05) is 0 Å². The lowest BCUT2D eigenvalue weighted by molar-refractivity contribution is 0.398. The molecule has 2 nitrogen and oxygen atoms in total. The molecule has 1 heterocycles. The third kappa shape index (κ3) is 1.27. The van der Waals surface area contributed by atoms with Gasteiger partial charge in [0.2, 0.25) is 5.82 Å². The maximum absolute atomic E-state index is 13.2. The van der Waals surface area contributed by atoms with E-state index in [-0.39, 0.29) is 0 Å². The molecule has 0 atom stereocenters. The van der Waals surface area contributed by atoms with Crippen molar-refractivity contribution in [3.8, 4) is 5.75 Å². The van der Waals surface area contributed by atoms with E-state index in [1.54, 1.807) is 0 Å². The molecule has 1 aromatic carbocycles. The summed E-state index contributed by atoms with van der Waals surface area (Å²) in [5, 5.41) is 12.0. The van der Waals surface area contributed by atoms with Crippen molar-refractivity contribution < 1.29 is 13.9 Å². The minimum atomic E-state index is -1.15. The normalized spacial score (nSPS) is 15.5. The number of rotatable bonds is 0. The number of hydrogen-bond donors (Lipinski definition) is 2. The van der Waals surface area contributed by atoms with E-state index < -0.39 is 17.4 Å². The van der Waals surface area contributed by atoms with Crippen molar-refractivity contribution in [1.29, 1.82) is 0 Å².